The molecule has 0 aromatic carbocycles. The van der Waals surface area contributed by atoms with Crippen LogP contribution in [0.25, 0.3) is 0 Å². The van der Waals surface area contributed by atoms with Crippen molar-refractivity contribution in [2.24, 2.45) is 0 Å². The van der Waals surface area contributed by atoms with Crippen LogP contribution >= 0.6 is 0 Å². The summed E-state index contributed by atoms with van der Waals surface area (Å²) in [6.45, 7) is 0.670. The van der Waals surface area contributed by atoms with E-state index in [4.69, 9.17) is 0 Å². The van der Waals surface area contributed by atoms with Crippen LogP contribution in [0.1, 0.15) is 5.56 Å². The normalized spacial score (nSPS) is 9.44. The highest BCUT2D eigenvalue weighted by Gasteiger charge is 1.92. The van der Waals surface area contributed by atoms with Gasteiger partial charge in [0, 0.05) is 6.07 Å². The second-order valence-corrected chi connectivity index (χ2v) is 1.82. The summed E-state index contributed by atoms with van der Waals surface area (Å²) in [5.41, 5.74) is 4.61. The van der Waals surface area contributed by atoms with E-state index in [-0.39, 0.29) is 0 Å². The highest BCUT2D eigenvalue weighted by Crippen LogP contribution is 1.88. The van der Waals surface area contributed by atoms with E-state index in [1.54, 1.807) is 6.07 Å². The molecule has 0 aliphatic rings. The predicted octanol–water partition coefficient (Wildman–Crippen LogP) is -0.938. The Labute approximate surface area is 53.3 Å². The van der Waals surface area contributed by atoms with Crippen LogP contribution < -0.4 is 10.5 Å². The van der Waals surface area contributed by atoms with Crippen LogP contribution in [0, 0.1) is 5.21 Å². The van der Waals surface area contributed by atoms with Gasteiger partial charge >= 0.3 is 0 Å². The number of quaternary nitrogens is 1. The van der Waals surface area contributed by atoms with Gasteiger partial charge in [-0.2, -0.15) is 4.73 Å². The van der Waals surface area contributed by atoms with Crippen molar-refractivity contribution < 1.29 is 10.5 Å². The van der Waals surface area contributed by atoms with Crippen molar-refractivity contribution in [3.8, 4) is 0 Å². The van der Waals surface area contributed by atoms with Crippen molar-refractivity contribution in [3.05, 3.63) is 35.3 Å². The molecule has 3 N–H and O–H groups in total. The molecule has 0 aliphatic heterocycles. The summed E-state index contributed by atoms with van der Waals surface area (Å²) in [5.74, 6) is 0. The molecule has 0 aliphatic carbocycles. The lowest BCUT2D eigenvalue weighted by atomic mass is 10.3. The number of nitrogens with zero attached hydrogens (tertiary/aromatic N) is 1. The number of pyridine rings is 1. The van der Waals surface area contributed by atoms with Crippen LogP contribution in [-0.4, -0.2) is 0 Å². The maximum absolute atomic E-state index is 10.5. The minimum atomic E-state index is 0.670. The van der Waals surface area contributed by atoms with E-state index in [2.05, 4.69) is 5.73 Å². The van der Waals surface area contributed by atoms with Crippen LogP contribution in [0.3, 0.4) is 0 Å². The lowest BCUT2D eigenvalue weighted by molar-refractivity contribution is -0.606. The number of hydrogen-bond donors (Lipinski definition) is 1. The summed E-state index contributed by atoms with van der Waals surface area (Å²) in [5, 5.41) is 10.5. The van der Waals surface area contributed by atoms with Crippen molar-refractivity contribution in [2.75, 3.05) is 0 Å². The largest absolute Gasteiger partial charge is 0.619 e. The van der Waals surface area contributed by atoms with E-state index in [9.17, 15) is 5.21 Å². The Hall–Kier alpha value is -1.09. The van der Waals surface area contributed by atoms with Gasteiger partial charge in [0.05, 0.1) is 5.56 Å². The molecule has 3 heteroatoms. The van der Waals surface area contributed by atoms with E-state index >= 15 is 0 Å². The van der Waals surface area contributed by atoms with Crippen molar-refractivity contribution >= 4 is 0 Å². The van der Waals surface area contributed by atoms with E-state index < -0.39 is 0 Å². The number of rotatable bonds is 1. The summed E-state index contributed by atoms with van der Waals surface area (Å²) in [6, 6.07) is 3.59. The standard InChI is InChI=1S/C6H8N2O/c7-4-6-2-1-3-8(9)5-6/h1-3,5H,4,7H2/p+1. The quantitative estimate of drug-likeness (QED) is 0.382. The molecule has 0 saturated heterocycles. The summed E-state index contributed by atoms with van der Waals surface area (Å²) in [4.78, 5) is 0. The van der Waals surface area contributed by atoms with Crippen LogP contribution in [0.5, 0.6) is 0 Å². The van der Waals surface area contributed by atoms with Crippen molar-refractivity contribution in [2.45, 2.75) is 6.54 Å². The fourth-order valence-electron chi connectivity index (χ4n) is 0.649. The molecule has 1 heterocycles. The zero-order valence-electron chi connectivity index (χ0n) is 5.08. The zero-order valence-corrected chi connectivity index (χ0v) is 5.08. The molecule has 1 rings (SSSR count). The van der Waals surface area contributed by atoms with Gasteiger partial charge in [0.25, 0.3) is 0 Å². The predicted molar refractivity (Wildman–Crippen MR) is 32.0 cm³/mol. The molecule has 0 fully saturated rings. The van der Waals surface area contributed by atoms with E-state index in [0.29, 0.717) is 6.54 Å². The molecule has 1 aromatic heterocycles. The molecule has 3 nitrogen and oxygen atoms in total. The SMILES string of the molecule is [NH3+]Cc1ccc[n+]([O-])c1. The van der Waals surface area contributed by atoms with Gasteiger partial charge in [-0.3, -0.25) is 0 Å². The second-order valence-electron chi connectivity index (χ2n) is 1.82. The molecule has 0 unspecified atom stereocenters. The Morgan fingerprint density at radius 2 is 2.44 bits per heavy atom. The maximum Gasteiger partial charge on any atom is 0.189 e. The Balaban J connectivity index is 2.94. The lowest BCUT2D eigenvalue weighted by Gasteiger charge is -1.94. The van der Waals surface area contributed by atoms with Gasteiger partial charge < -0.3 is 10.9 Å². The first-order chi connectivity index (χ1) is 4.33. The lowest BCUT2D eigenvalue weighted by Crippen LogP contribution is -2.48. The minimum Gasteiger partial charge on any atom is -0.619 e. The fourth-order valence-corrected chi connectivity index (χ4v) is 0.649. The number of aromatic nitrogens is 1. The topological polar surface area (TPSA) is 54.6 Å². The maximum atomic E-state index is 10.5. The van der Waals surface area contributed by atoms with Gasteiger partial charge in [-0.1, -0.05) is 0 Å². The molecule has 1 aromatic rings. The average Bonchev–Trinajstić information content (AvgIpc) is 1.88. The highest BCUT2D eigenvalue weighted by molar-refractivity contribution is 5.02. The van der Waals surface area contributed by atoms with Crippen molar-refractivity contribution in [1.82, 2.24) is 0 Å². The monoisotopic (exact) mass is 125 g/mol. The third-order valence-electron chi connectivity index (χ3n) is 1.13. The molecule has 0 amide bonds. The van der Waals surface area contributed by atoms with Gasteiger partial charge in [-0.25, -0.2) is 0 Å². The summed E-state index contributed by atoms with van der Waals surface area (Å²) >= 11 is 0. The van der Waals surface area contributed by atoms with E-state index in [1.807, 2.05) is 6.07 Å². The van der Waals surface area contributed by atoms with Gasteiger partial charge in [0.15, 0.2) is 12.4 Å². The summed E-state index contributed by atoms with van der Waals surface area (Å²) < 4.78 is 0.778. The average molecular weight is 125 g/mol. The molecule has 0 radical (unpaired) electrons. The molecule has 48 valence electrons. The minimum absolute atomic E-state index is 0.670. The van der Waals surface area contributed by atoms with Crippen LogP contribution in [0.15, 0.2) is 24.5 Å². The Morgan fingerprint density at radius 3 is 2.89 bits per heavy atom. The van der Waals surface area contributed by atoms with Crippen molar-refractivity contribution in [3.63, 3.8) is 0 Å². The molecular weight excluding hydrogens is 116 g/mol. The first kappa shape index (κ1) is 6.04. The van der Waals surface area contributed by atoms with Crippen LogP contribution in [0.2, 0.25) is 0 Å². The summed E-state index contributed by atoms with van der Waals surface area (Å²) in [6.07, 6.45) is 2.98. The molecule has 0 saturated carbocycles. The van der Waals surface area contributed by atoms with Crippen molar-refractivity contribution in [1.29, 1.82) is 0 Å². The Kier molecular flexibility index (Phi) is 1.65. The van der Waals surface area contributed by atoms with Crippen LogP contribution in [-0.2, 0) is 6.54 Å². The highest BCUT2D eigenvalue weighted by atomic mass is 16.5. The van der Waals surface area contributed by atoms with Gasteiger partial charge in [0.1, 0.15) is 6.54 Å². The summed E-state index contributed by atoms with van der Waals surface area (Å²) in [7, 11) is 0. The fraction of sp³-hybridized carbons (Fsp3) is 0.167. The van der Waals surface area contributed by atoms with Crippen LogP contribution in [0.4, 0.5) is 0 Å². The molecule has 0 spiro atoms. The molecule has 0 bridgehead atoms. The third-order valence-corrected chi connectivity index (χ3v) is 1.13. The molecule has 9 heavy (non-hydrogen) atoms. The smallest absolute Gasteiger partial charge is 0.189 e. The van der Waals surface area contributed by atoms with Gasteiger partial charge in [-0.05, 0) is 6.07 Å². The van der Waals surface area contributed by atoms with E-state index in [0.717, 1.165) is 10.3 Å². The van der Waals surface area contributed by atoms with Gasteiger partial charge in [-0.15, -0.1) is 0 Å². The number of hydrogen-bond acceptors (Lipinski definition) is 1. The Bertz CT molecular complexity index is 200. The zero-order chi connectivity index (χ0) is 6.69. The van der Waals surface area contributed by atoms with Gasteiger partial charge in [0.2, 0.25) is 0 Å². The Morgan fingerprint density at radius 1 is 1.67 bits per heavy atom. The molecular formula is C6H9N2O+. The van der Waals surface area contributed by atoms with E-state index in [1.165, 1.54) is 12.4 Å². The molecule has 0 atom stereocenters. The first-order valence-electron chi connectivity index (χ1n) is 2.80. The first-order valence-corrected chi connectivity index (χ1v) is 2.80. The second kappa shape index (κ2) is 2.46. The third kappa shape index (κ3) is 1.40.